The number of hydrogen-bond donors (Lipinski definition) is 3. The number of benzene rings is 1. The third kappa shape index (κ3) is 1.71. The van der Waals surface area contributed by atoms with Crippen molar-refractivity contribution in [3.63, 3.8) is 0 Å². The monoisotopic (exact) mass is 257 g/mol. The molecule has 3 rings (SSSR count). The van der Waals surface area contributed by atoms with Crippen LogP contribution >= 0.6 is 0 Å². The lowest BCUT2D eigenvalue weighted by Crippen LogP contribution is -2.27. The van der Waals surface area contributed by atoms with Gasteiger partial charge in [-0.25, -0.2) is 0 Å². The lowest BCUT2D eigenvalue weighted by atomic mass is 10.2. The molecule has 0 atom stereocenters. The first-order valence-corrected chi connectivity index (χ1v) is 5.62. The summed E-state index contributed by atoms with van der Waals surface area (Å²) in [6.45, 7) is 0.0710. The number of nitrogens with zero attached hydrogens (tertiary/aromatic N) is 2. The molecule has 0 saturated heterocycles. The van der Waals surface area contributed by atoms with Crippen LogP contribution in [-0.2, 0) is 11.3 Å². The molecule has 1 aliphatic rings. The van der Waals surface area contributed by atoms with Crippen molar-refractivity contribution in [2.24, 2.45) is 16.5 Å². The normalized spacial score (nSPS) is 13.2. The lowest BCUT2D eigenvalue weighted by molar-refractivity contribution is -0.116. The topological polar surface area (TPSA) is 116 Å². The second kappa shape index (κ2) is 3.84. The molecule has 0 spiro atoms. The summed E-state index contributed by atoms with van der Waals surface area (Å²) in [6.07, 6.45) is 0. The van der Waals surface area contributed by atoms with E-state index < -0.39 is 5.91 Å². The predicted molar refractivity (Wildman–Crippen MR) is 70.7 cm³/mol. The highest BCUT2D eigenvalue weighted by Crippen LogP contribution is 2.30. The molecule has 1 aliphatic heterocycles. The highest BCUT2D eigenvalue weighted by Gasteiger charge is 2.23. The van der Waals surface area contributed by atoms with Gasteiger partial charge in [-0.15, -0.1) is 0 Å². The SMILES string of the molecule is NC(N)=NC(=O)c1cc2cccc3c2n1CC(=O)N3. The van der Waals surface area contributed by atoms with E-state index in [1.54, 1.807) is 16.7 Å². The zero-order valence-corrected chi connectivity index (χ0v) is 9.88. The van der Waals surface area contributed by atoms with E-state index in [4.69, 9.17) is 11.5 Å². The summed E-state index contributed by atoms with van der Waals surface area (Å²) in [5.74, 6) is -1.05. The number of guanidine groups is 1. The zero-order chi connectivity index (χ0) is 13.6. The van der Waals surface area contributed by atoms with Crippen LogP contribution in [0.5, 0.6) is 0 Å². The smallest absolute Gasteiger partial charge is 0.296 e. The van der Waals surface area contributed by atoms with Crippen LogP contribution < -0.4 is 16.8 Å². The van der Waals surface area contributed by atoms with Gasteiger partial charge < -0.3 is 21.4 Å². The Hall–Kier alpha value is -2.83. The minimum Gasteiger partial charge on any atom is -0.370 e. The summed E-state index contributed by atoms with van der Waals surface area (Å²) in [7, 11) is 0. The zero-order valence-electron chi connectivity index (χ0n) is 9.88. The molecule has 96 valence electrons. The molecule has 19 heavy (non-hydrogen) atoms. The maximum Gasteiger partial charge on any atom is 0.296 e. The maximum atomic E-state index is 11.9. The molecule has 5 N–H and O–H groups in total. The average Bonchev–Trinajstić information content (AvgIpc) is 2.69. The van der Waals surface area contributed by atoms with Crippen molar-refractivity contribution in [2.75, 3.05) is 5.32 Å². The van der Waals surface area contributed by atoms with Crippen LogP contribution in [0.3, 0.4) is 0 Å². The van der Waals surface area contributed by atoms with E-state index in [0.717, 1.165) is 10.9 Å². The Morgan fingerprint density at radius 1 is 1.37 bits per heavy atom. The second-order valence-corrected chi connectivity index (χ2v) is 4.25. The fourth-order valence-electron chi connectivity index (χ4n) is 2.27. The lowest BCUT2D eigenvalue weighted by Gasteiger charge is -2.17. The minimum atomic E-state index is -0.558. The number of aromatic nitrogens is 1. The number of carbonyl (C=O) groups is 2. The van der Waals surface area contributed by atoms with E-state index >= 15 is 0 Å². The van der Waals surface area contributed by atoms with Crippen molar-refractivity contribution < 1.29 is 9.59 Å². The van der Waals surface area contributed by atoms with Crippen LogP contribution in [0.4, 0.5) is 5.69 Å². The fraction of sp³-hybridized carbons (Fsp3) is 0.0833. The Kier molecular flexibility index (Phi) is 2.28. The van der Waals surface area contributed by atoms with Crippen molar-refractivity contribution in [3.8, 4) is 0 Å². The van der Waals surface area contributed by atoms with Crippen molar-refractivity contribution in [3.05, 3.63) is 30.0 Å². The summed E-state index contributed by atoms with van der Waals surface area (Å²) in [4.78, 5) is 27.1. The Morgan fingerprint density at radius 3 is 2.89 bits per heavy atom. The summed E-state index contributed by atoms with van der Waals surface area (Å²) in [6, 6.07) is 7.13. The molecule has 0 aliphatic carbocycles. The van der Waals surface area contributed by atoms with Gasteiger partial charge in [0.1, 0.15) is 12.2 Å². The Balaban J connectivity index is 2.26. The maximum absolute atomic E-state index is 11.9. The summed E-state index contributed by atoms with van der Waals surface area (Å²) >= 11 is 0. The molecule has 2 amide bonds. The first-order valence-electron chi connectivity index (χ1n) is 5.62. The van der Waals surface area contributed by atoms with E-state index in [9.17, 15) is 9.59 Å². The van der Waals surface area contributed by atoms with Gasteiger partial charge in [0.05, 0.1) is 11.2 Å². The summed E-state index contributed by atoms with van der Waals surface area (Å²) in [5, 5.41) is 3.61. The number of carbonyl (C=O) groups excluding carboxylic acids is 2. The van der Waals surface area contributed by atoms with Gasteiger partial charge in [0, 0.05) is 5.39 Å². The number of para-hydroxylation sites is 1. The summed E-state index contributed by atoms with van der Waals surface area (Å²) in [5.41, 5.74) is 12.2. The Bertz CT molecular complexity index is 740. The van der Waals surface area contributed by atoms with Gasteiger partial charge >= 0.3 is 0 Å². The van der Waals surface area contributed by atoms with E-state index in [1.807, 2.05) is 12.1 Å². The molecular formula is C12H11N5O2. The van der Waals surface area contributed by atoms with Crippen molar-refractivity contribution in [1.82, 2.24) is 4.57 Å². The molecule has 0 bridgehead atoms. The number of aliphatic imine (C=N–C) groups is 1. The highest BCUT2D eigenvalue weighted by atomic mass is 16.2. The minimum absolute atomic E-state index is 0.0710. The van der Waals surface area contributed by atoms with Gasteiger partial charge in [-0.2, -0.15) is 4.99 Å². The van der Waals surface area contributed by atoms with Crippen LogP contribution in [0, 0.1) is 0 Å². The van der Waals surface area contributed by atoms with Crippen LogP contribution in [0.2, 0.25) is 0 Å². The van der Waals surface area contributed by atoms with Gasteiger partial charge in [-0.3, -0.25) is 9.59 Å². The summed E-state index contributed by atoms with van der Waals surface area (Å²) < 4.78 is 1.62. The molecule has 0 unspecified atom stereocenters. The van der Waals surface area contributed by atoms with Gasteiger partial charge in [-0.05, 0) is 12.1 Å². The molecule has 0 fully saturated rings. The largest absolute Gasteiger partial charge is 0.370 e. The standard InChI is InChI=1S/C12H11N5O2/c13-12(14)16-11(19)8-4-6-2-1-3-7-10(6)17(8)5-9(18)15-7/h1-4H,5H2,(H,15,18)(H4,13,14,16,19). The molecule has 7 nitrogen and oxygen atoms in total. The number of anilines is 1. The van der Waals surface area contributed by atoms with Crippen LogP contribution in [0.1, 0.15) is 10.5 Å². The van der Waals surface area contributed by atoms with Crippen LogP contribution in [0.15, 0.2) is 29.3 Å². The van der Waals surface area contributed by atoms with Crippen LogP contribution in [0.25, 0.3) is 10.9 Å². The molecule has 2 heterocycles. The van der Waals surface area contributed by atoms with Gasteiger partial charge in [0.25, 0.3) is 5.91 Å². The number of amides is 2. The Labute approximate surface area is 107 Å². The third-order valence-corrected chi connectivity index (χ3v) is 2.95. The van der Waals surface area contributed by atoms with E-state index in [0.29, 0.717) is 11.4 Å². The molecule has 2 aromatic rings. The van der Waals surface area contributed by atoms with E-state index in [-0.39, 0.29) is 18.4 Å². The predicted octanol–water partition coefficient (Wildman–Crippen LogP) is 0.00700. The Morgan fingerprint density at radius 2 is 2.16 bits per heavy atom. The fourth-order valence-corrected chi connectivity index (χ4v) is 2.27. The number of nitrogens with one attached hydrogen (secondary N) is 1. The molecule has 0 saturated carbocycles. The van der Waals surface area contributed by atoms with Gasteiger partial charge in [0.2, 0.25) is 5.91 Å². The molecule has 7 heteroatoms. The third-order valence-electron chi connectivity index (χ3n) is 2.95. The van der Waals surface area contributed by atoms with Crippen molar-refractivity contribution in [1.29, 1.82) is 0 Å². The van der Waals surface area contributed by atoms with Crippen LogP contribution in [-0.4, -0.2) is 22.3 Å². The molecule has 0 radical (unpaired) electrons. The highest BCUT2D eigenvalue weighted by molar-refractivity contribution is 6.10. The second-order valence-electron chi connectivity index (χ2n) is 4.25. The number of nitrogens with two attached hydrogens (primary N) is 2. The first-order chi connectivity index (χ1) is 9.06. The van der Waals surface area contributed by atoms with E-state index in [2.05, 4.69) is 10.3 Å². The molecule has 1 aromatic carbocycles. The van der Waals surface area contributed by atoms with Crippen molar-refractivity contribution >= 4 is 34.4 Å². The molecule has 1 aromatic heterocycles. The van der Waals surface area contributed by atoms with Gasteiger partial charge in [0.15, 0.2) is 5.96 Å². The first kappa shape index (κ1) is 11.3. The number of rotatable bonds is 1. The quantitative estimate of drug-likeness (QED) is 0.492. The number of hydrogen-bond acceptors (Lipinski definition) is 2. The van der Waals surface area contributed by atoms with Crippen molar-refractivity contribution in [2.45, 2.75) is 6.54 Å². The van der Waals surface area contributed by atoms with Gasteiger partial charge in [-0.1, -0.05) is 12.1 Å². The molecular weight excluding hydrogens is 246 g/mol. The van der Waals surface area contributed by atoms with E-state index in [1.165, 1.54) is 0 Å². The average molecular weight is 257 g/mol.